The number of carbonyl (C=O) groups is 1. The van der Waals surface area contributed by atoms with Gasteiger partial charge in [0.25, 0.3) is 0 Å². The van der Waals surface area contributed by atoms with Gasteiger partial charge in [-0.05, 0) is 5.56 Å². The van der Waals surface area contributed by atoms with E-state index in [2.05, 4.69) is 16.4 Å². The molecule has 6 heteroatoms. The normalized spacial score (nSPS) is 8.42. The second kappa shape index (κ2) is 5.74. The Labute approximate surface area is 118 Å². The molecule has 1 heterocycles. The summed E-state index contributed by atoms with van der Waals surface area (Å²) in [6.45, 7) is 0. The van der Waals surface area contributed by atoms with Gasteiger partial charge in [-0.1, -0.05) is 0 Å². The zero-order valence-electron chi connectivity index (χ0n) is 6.87. The Bertz CT molecular complexity index is 279. The van der Waals surface area contributed by atoms with Crippen molar-refractivity contribution in [2.24, 2.45) is 5.73 Å². The minimum absolute atomic E-state index is 0. The monoisotopic (exact) mass is 237 g/mol. The molecule has 0 saturated carbocycles. The molecule has 58 valence electrons. The maximum Gasteiger partial charge on any atom is 1.00 e. The fraction of sp³-hybridized carbons (Fsp3) is 0.167. The van der Waals surface area contributed by atoms with E-state index < -0.39 is 5.91 Å². The maximum atomic E-state index is 10.6. The Kier molecular flexibility index (Phi) is 5.82. The van der Waals surface area contributed by atoms with Crippen LogP contribution in [0.25, 0.3) is 0 Å². The number of hydrogen-bond donors (Lipinski definition) is 1. The van der Waals surface area contributed by atoms with Gasteiger partial charge in [-0.25, -0.2) is 0 Å². The first-order chi connectivity index (χ1) is 5.25. The van der Waals surface area contributed by atoms with Crippen LogP contribution in [0, 0.1) is 6.20 Å². The third-order valence-corrected chi connectivity index (χ3v) is 1.10. The van der Waals surface area contributed by atoms with Crippen LogP contribution in [0.5, 0.6) is 5.88 Å². The number of nitrogens with zero attached hydrogens (tertiary/aromatic N) is 2. The Hall–Kier alpha value is 0.155. The third kappa shape index (κ3) is 2.89. The number of carbonyl (C=O) groups excluding carboxylic acids is 1. The van der Waals surface area contributed by atoms with Gasteiger partial charge < -0.3 is 10.5 Å². The van der Waals surface area contributed by atoms with Gasteiger partial charge in [0.05, 0.1) is 7.11 Å². The summed E-state index contributed by atoms with van der Waals surface area (Å²) in [5, 5.41) is 6.88. The van der Waals surface area contributed by atoms with Crippen LogP contribution < -0.4 is 68.7 Å². The molecule has 0 unspecified atom stereocenters. The standard InChI is InChI=1S/C6H6N3O2.Rb/c1-11-6-4(5(7)10)2-3-8-9-6;/h2H,1H3,(H2,7,10);/q-1;+1. The van der Waals surface area contributed by atoms with Crippen LogP contribution in [-0.2, 0) is 0 Å². The molecule has 0 bridgehead atoms. The zero-order chi connectivity index (χ0) is 8.27. The van der Waals surface area contributed by atoms with Crippen molar-refractivity contribution in [1.29, 1.82) is 0 Å². The smallest absolute Gasteiger partial charge is 0.494 e. The van der Waals surface area contributed by atoms with Gasteiger partial charge in [0, 0.05) is 0 Å². The van der Waals surface area contributed by atoms with Crippen molar-refractivity contribution < 1.29 is 67.7 Å². The molecule has 5 nitrogen and oxygen atoms in total. The van der Waals surface area contributed by atoms with E-state index in [1.165, 1.54) is 13.2 Å². The molecule has 2 N–H and O–H groups in total. The molecule has 1 amide bonds. The molecule has 0 aliphatic heterocycles. The summed E-state index contributed by atoms with van der Waals surface area (Å²) in [6.07, 6.45) is 2.38. The van der Waals surface area contributed by atoms with E-state index in [1.54, 1.807) is 0 Å². The molecule has 0 atom stereocenters. The van der Waals surface area contributed by atoms with Gasteiger partial charge in [-0.15, -0.1) is 6.20 Å². The second-order valence-corrected chi connectivity index (χ2v) is 1.76. The number of aromatic nitrogens is 2. The van der Waals surface area contributed by atoms with E-state index in [0.29, 0.717) is 0 Å². The molecule has 0 spiro atoms. The van der Waals surface area contributed by atoms with Crippen LogP contribution in [-0.4, -0.2) is 23.2 Å². The molecule has 0 radical (unpaired) electrons. The summed E-state index contributed by atoms with van der Waals surface area (Å²) in [5.74, 6) is -0.482. The van der Waals surface area contributed by atoms with E-state index in [4.69, 9.17) is 10.5 Å². The summed E-state index contributed by atoms with van der Waals surface area (Å²) in [7, 11) is 1.39. The Morgan fingerprint density at radius 1 is 1.75 bits per heavy atom. The third-order valence-electron chi connectivity index (χ3n) is 1.10. The molecule has 12 heavy (non-hydrogen) atoms. The number of nitrogens with two attached hydrogens (primary N) is 1. The van der Waals surface area contributed by atoms with Crippen LogP contribution in [0.4, 0.5) is 0 Å². The number of amides is 1. The molecule has 1 rings (SSSR count). The van der Waals surface area contributed by atoms with Gasteiger partial charge in [-0.2, -0.15) is 11.2 Å². The van der Waals surface area contributed by atoms with Gasteiger partial charge in [0.2, 0.25) is 0 Å². The Morgan fingerprint density at radius 3 is 2.83 bits per heavy atom. The molecular weight excluding hydrogens is 232 g/mol. The van der Waals surface area contributed by atoms with Gasteiger partial charge in [0.1, 0.15) is 0 Å². The van der Waals surface area contributed by atoms with Crippen LogP contribution in [0.2, 0.25) is 0 Å². The molecule has 0 saturated heterocycles. The average Bonchev–Trinajstić information content (AvgIpc) is 2.04. The number of rotatable bonds is 2. The van der Waals surface area contributed by atoms with Crippen molar-refractivity contribution in [3.05, 3.63) is 17.8 Å². The van der Waals surface area contributed by atoms with Gasteiger partial charge in [-0.3, -0.25) is 9.89 Å². The topological polar surface area (TPSA) is 78.1 Å². The van der Waals surface area contributed by atoms with Gasteiger partial charge in [0.15, 0.2) is 11.8 Å². The minimum atomic E-state index is -0.604. The van der Waals surface area contributed by atoms with Crippen molar-refractivity contribution in [1.82, 2.24) is 10.2 Å². The molecule has 0 fully saturated rings. The van der Waals surface area contributed by atoms with E-state index in [1.807, 2.05) is 0 Å². The van der Waals surface area contributed by atoms with Crippen molar-refractivity contribution in [2.75, 3.05) is 7.11 Å². The zero-order valence-corrected chi connectivity index (χ0v) is 11.8. The SMILES string of the molecule is COc1nn[c-]cc1C(N)=O.[Rb+]. The van der Waals surface area contributed by atoms with Crippen LogP contribution in [0.15, 0.2) is 6.07 Å². The van der Waals surface area contributed by atoms with Crippen molar-refractivity contribution in [3.63, 3.8) is 0 Å². The quantitative estimate of drug-likeness (QED) is 0.539. The minimum Gasteiger partial charge on any atom is -0.494 e. The van der Waals surface area contributed by atoms with Crippen molar-refractivity contribution in [3.8, 4) is 5.88 Å². The Morgan fingerprint density at radius 2 is 2.42 bits per heavy atom. The van der Waals surface area contributed by atoms with Gasteiger partial charge >= 0.3 is 58.2 Å². The van der Waals surface area contributed by atoms with Crippen molar-refractivity contribution >= 4 is 5.91 Å². The van der Waals surface area contributed by atoms with E-state index in [0.717, 1.165) is 0 Å². The number of methoxy groups -OCH3 is 1. The molecule has 0 aliphatic rings. The largest absolute Gasteiger partial charge is 1.00 e. The summed E-state index contributed by atoms with van der Waals surface area (Å²) in [6, 6.07) is 1.33. The van der Waals surface area contributed by atoms with Crippen LogP contribution in [0.3, 0.4) is 0 Å². The van der Waals surface area contributed by atoms with E-state index >= 15 is 0 Å². The average molecular weight is 238 g/mol. The first-order valence-electron chi connectivity index (χ1n) is 2.83. The fourth-order valence-corrected chi connectivity index (χ4v) is 0.611. The van der Waals surface area contributed by atoms with E-state index in [-0.39, 0.29) is 69.6 Å². The second-order valence-electron chi connectivity index (χ2n) is 1.76. The summed E-state index contributed by atoms with van der Waals surface area (Å²) < 4.78 is 4.71. The number of hydrogen-bond acceptors (Lipinski definition) is 4. The van der Waals surface area contributed by atoms with Crippen LogP contribution in [0.1, 0.15) is 10.4 Å². The van der Waals surface area contributed by atoms with Crippen molar-refractivity contribution in [2.45, 2.75) is 0 Å². The van der Waals surface area contributed by atoms with E-state index in [9.17, 15) is 4.79 Å². The summed E-state index contributed by atoms with van der Waals surface area (Å²) >= 11 is 0. The Balaban J connectivity index is 0.00000121. The number of ether oxygens (including phenoxy) is 1. The number of primary amides is 1. The predicted octanol–water partition coefficient (Wildman–Crippen LogP) is -3.61. The first-order valence-corrected chi connectivity index (χ1v) is 2.83. The molecule has 0 aliphatic carbocycles. The molecule has 0 aromatic carbocycles. The summed E-state index contributed by atoms with van der Waals surface area (Å²) in [5.41, 5.74) is 5.17. The molecule has 1 aromatic rings. The first kappa shape index (κ1) is 12.2. The fourth-order valence-electron chi connectivity index (χ4n) is 0.611. The molecular formula is C6H6N3O2Rb. The maximum absolute atomic E-state index is 10.6. The molecule has 1 aromatic heterocycles. The summed E-state index contributed by atoms with van der Waals surface area (Å²) in [4.78, 5) is 10.6. The van der Waals surface area contributed by atoms with Crippen LogP contribution >= 0.6 is 0 Å². The predicted molar refractivity (Wildman–Crippen MR) is 35.9 cm³/mol.